The van der Waals surface area contributed by atoms with Crippen LogP contribution in [-0.2, 0) is 4.79 Å². The lowest BCUT2D eigenvalue weighted by Gasteiger charge is -2.28. The van der Waals surface area contributed by atoms with Gasteiger partial charge in [0.2, 0.25) is 11.1 Å². The Balaban J connectivity index is 1.43. The molecule has 0 spiro atoms. The van der Waals surface area contributed by atoms with Gasteiger partial charge < -0.3 is 10.6 Å². The van der Waals surface area contributed by atoms with Crippen molar-refractivity contribution in [2.75, 3.05) is 16.4 Å². The molecular weight excluding hydrogens is 472 g/mol. The van der Waals surface area contributed by atoms with Gasteiger partial charge in [-0.2, -0.15) is 4.98 Å². The Labute approximate surface area is 212 Å². The highest BCUT2D eigenvalue weighted by atomic mass is 32.2. The van der Waals surface area contributed by atoms with Gasteiger partial charge in [-0.3, -0.25) is 14.6 Å². The summed E-state index contributed by atoms with van der Waals surface area (Å²) in [6, 6.07) is 20.0. The minimum absolute atomic E-state index is 0.00164. The fraction of sp³-hybridized carbons (Fsp3) is 0.148. The lowest BCUT2D eigenvalue weighted by atomic mass is 9.96. The number of rotatable bonds is 7. The van der Waals surface area contributed by atoms with Crippen LogP contribution in [0.3, 0.4) is 0 Å². The number of ketones is 1. The third-order valence-electron chi connectivity index (χ3n) is 5.82. The van der Waals surface area contributed by atoms with Gasteiger partial charge >= 0.3 is 0 Å². The second kappa shape index (κ2) is 10.2. The maximum Gasteiger partial charge on any atom is 0.255 e. The number of para-hydroxylation sites is 1. The van der Waals surface area contributed by atoms with Gasteiger partial charge in [-0.15, -0.1) is 5.10 Å². The molecule has 0 aliphatic carbocycles. The van der Waals surface area contributed by atoms with Crippen molar-refractivity contribution in [2.24, 2.45) is 0 Å². The van der Waals surface area contributed by atoms with Crippen molar-refractivity contribution in [1.82, 2.24) is 19.7 Å². The number of anilines is 2. The summed E-state index contributed by atoms with van der Waals surface area (Å²) >= 11 is 1.26. The number of amides is 1. The highest BCUT2D eigenvalue weighted by molar-refractivity contribution is 7.99. The van der Waals surface area contributed by atoms with Crippen molar-refractivity contribution in [3.8, 4) is 0 Å². The normalized spacial score (nSPS) is 14.7. The van der Waals surface area contributed by atoms with Crippen molar-refractivity contribution in [3.63, 3.8) is 0 Å². The number of nitrogens with one attached hydrogen (secondary N) is 2. The molecule has 5 rings (SSSR count). The van der Waals surface area contributed by atoms with Crippen LogP contribution in [0.5, 0.6) is 0 Å². The molecule has 3 heterocycles. The molecule has 4 aromatic rings. The van der Waals surface area contributed by atoms with E-state index in [2.05, 4.69) is 25.7 Å². The number of pyridine rings is 1. The molecule has 2 aromatic carbocycles. The van der Waals surface area contributed by atoms with E-state index >= 15 is 0 Å². The molecule has 0 radical (unpaired) electrons. The van der Waals surface area contributed by atoms with Crippen LogP contribution in [0.4, 0.5) is 11.6 Å². The topological polar surface area (TPSA) is 102 Å². The smallest absolute Gasteiger partial charge is 0.255 e. The summed E-state index contributed by atoms with van der Waals surface area (Å²) in [5.74, 6) is 0.465. The van der Waals surface area contributed by atoms with E-state index in [1.807, 2.05) is 80.6 Å². The largest absolute Gasteiger partial charge is 0.328 e. The van der Waals surface area contributed by atoms with Crippen LogP contribution in [0.2, 0.25) is 0 Å². The zero-order chi connectivity index (χ0) is 25.1. The Hall–Kier alpha value is -4.24. The number of Topliss-reactive ketones (excluding diaryl/α,β-unsaturated/α-hetero) is 1. The van der Waals surface area contributed by atoms with E-state index in [0.29, 0.717) is 33.6 Å². The Kier molecular flexibility index (Phi) is 6.64. The molecule has 180 valence electrons. The zero-order valence-electron chi connectivity index (χ0n) is 19.8. The summed E-state index contributed by atoms with van der Waals surface area (Å²) in [7, 11) is 0. The number of benzene rings is 2. The number of carbonyl (C=O) groups is 2. The molecule has 9 heteroatoms. The molecule has 0 bridgehead atoms. The summed E-state index contributed by atoms with van der Waals surface area (Å²) in [6.07, 6.45) is 3.41. The predicted octanol–water partition coefficient (Wildman–Crippen LogP) is 4.88. The van der Waals surface area contributed by atoms with Crippen molar-refractivity contribution in [2.45, 2.75) is 25.0 Å². The van der Waals surface area contributed by atoms with Crippen LogP contribution in [0.1, 0.15) is 34.5 Å². The number of hydrogen-bond acceptors (Lipinski definition) is 7. The average molecular weight is 497 g/mol. The standard InChI is InChI=1S/C27H24N6O2S/c1-17-10-12-19(13-11-17)22(34)16-36-27-31-26-29-18(2)23(25(35)30-21-8-4-3-5-9-21)24(33(26)32-27)20-7-6-14-28-15-20/h3-15,24H,16H2,1-2H3,(H,30,35)(H,29,31,32). The number of aromatic nitrogens is 4. The van der Waals surface area contributed by atoms with Crippen molar-refractivity contribution < 1.29 is 9.59 Å². The third kappa shape index (κ3) is 4.92. The number of allylic oxidation sites excluding steroid dienone is 1. The molecule has 8 nitrogen and oxygen atoms in total. The molecule has 36 heavy (non-hydrogen) atoms. The minimum Gasteiger partial charge on any atom is -0.328 e. The molecule has 1 atom stereocenters. The maximum atomic E-state index is 13.4. The molecule has 1 aliphatic heterocycles. The van der Waals surface area contributed by atoms with E-state index in [-0.39, 0.29) is 17.4 Å². The number of aryl methyl sites for hydroxylation is 1. The summed E-state index contributed by atoms with van der Waals surface area (Å²) < 4.78 is 1.68. The average Bonchev–Trinajstić information content (AvgIpc) is 3.30. The van der Waals surface area contributed by atoms with Gasteiger partial charge in [0.05, 0.1) is 11.3 Å². The number of nitrogens with zero attached hydrogens (tertiary/aromatic N) is 4. The van der Waals surface area contributed by atoms with E-state index in [0.717, 1.165) is 11.1 Å². The molecular formula is C27H24N6O2S. The molecule has 1 amide bonds. The number of carbonyl (C=O) groups excluding carboxylic acids is 2. The summed E-state index contributed by atoms with van der Waals surface area (Å²) in [6.45, 7) is 3.83. The number of thioether (sulfide) groups is 1. The number of hydrogen-bond donors (Lipinski definition) is 2. The Bertz CT molecular complexity index is 1430. The second-order valence-electron chi connectivity index (χ2n) is 8.41. The van der Waals surface area contributed by atoms with Crippen molar-refractivity contribution in [3.05, 3.63) is 107 Å². The minimum atomic E-state index is -0.534. The monoisotopic (exact) mass is 496 g/mol. The predicted molar refractivity (Wildman–Crippen MR) is 140 cm³/mol. The first-order valence-corrected chi connectivity index (χ1v) is 12.4. The van der Waals surface area contributed by atoms with Gasteiger partial charge in [0.15, 0.2) is 5.78 Å². The van der Waals surface area contributed by atoms with Crippen LogP contribution in [-0.4, -0.2) is 37.2 Å². The van der Waals surface area contributed by atoms with E-state index in [1.54, 1.807) is 17.1 Å². The van der Waals surface area contributed by atoms with Gasteiger partial charge in [0.1, 0.15) is 6.04 Å². The van der Waals surface area contributed by atoms with Gasteiger partial charge in [0, 0.05) is 29.3 Å². The van der Waals surface area contributed by atoms with Crippen molar-refractivity contribution in [1.29, 1.82) is 0 Å². The first kappa shape index (κ1) is 23.5. The zero-order valence-corrected chi connectivity index (χ0v) is 20.6. The molecule has 0 fully saturated rings. The van der Waals surface area contributed by atoms with Gasteiger partial charge in [-0.05, 0) is 37.6 Å². The molecule has 1 aliphatic rings. The van der Waals surface area contributed by atoms with E-state index < -0.39 is 6.04 Å². The molecule has 2 N–H and O–H groups in total. The van der Waals surface area contributed by atoms with E-state index in [9.17, 15) is 9.59 Å². The highest BCUT2D eigenvalue weighted by Crippen LogP contribution is 2.36. The first-order chi connectivity index (χ1) is 17.5. The third-order valence-corrected chi connectivity index (χ3v) is 6.65. The first-order valence-electron chi connectivity index (χ1n) is 11.4. The van der Waals surface area contributed by atoms with Crippen LogP contribution in [0, 0.1) is 6.92 Å². The Morgan fingerprint density at radius 1 is 1.03 bits per heavy atom. The fourth-order valence-electron chi connectivity index (χ4n) is 4.01. The van der Waals surface area contributed by atoms with Crippen LogP contribution in [0.25, 0.3) is 0 Å². The molecule has 0 saturated carbocycles. The summed E-state index contributed by atoms with van der Waals surface area (Å²) in [4.78, 5) is 34.9. The molecule has 1 unspecified atom stereocenters. The Morgan fingerprint density at radius 2 is 1.81 bits per heavy atom. The quantitative estimate of drug-likeness (QED) is 0.278. The van der Waals surface area contributed by atoms with E-state index in [1.165, 1.54) is 11.8 Å². The second-order valence-corrected chi connectivity index (χ2v) is 9.36. The van der Waals surface area contributed by atoms with Gasteiger partial charge in [0.25, 0.3) is 5.91 Å². The molecule has 2 aromatic heterocycles. The van der Waals surface area contributed by atoms with Gasteiger partial charge in [-0.25, -0.2) is 4.68 Å². The Morgan fingerprint density at radius 3 is 2.53 bits per heavy atom. The maximum absolute atomic E-state index is 13.4. The highest BCUT2D eigenvalue weighted by Gasteiger charge is 2.34. The van der Waals surface area contributed by atoms with Crippen molar-refractivity contribution >= 4 is 35.1 Å². The lowest BCUT2D eigenvalue weighted by Crippen LogP contribution is -2.31. The van der Waals surface area contributed by atoms with Crippen LogP contribution >= 0.6 is 11.8 Å². The molecule has 0 saturated heterocycles. The fourth-order valence-corrected chi connectivity index (χ4v) is 4.73. The van der Waals surface area contributed by atoms with Crippen LogP contribution in [0.15, 0.2) is 95.6 Å². The SMILES string of the molecule is CC1=C(C(=O)Nc2ccccc2)C(c2cccnc2)n2nc(SCC(=O)c3ccc(C)cc3)nc2N1. The summed E-state index contributed by atoms with van der Waals surface area (Å²) in [5, 5.41) is 11.3. The number of fused-ring (bicyclic) bond motifs is 1. The van der Waals surface area contributed by atoms with Crippen LogP contribution < -0.4 is 10.6 Å². The lowest BCUT2D eigenvalue weighted by molar-refractivity contribution is -0.113. The van der Waals surface area contributed by atoms with Gasteiger partial charge in [-0.1, -0.05) is 65.9 Å². The summed E-state index contributed by atoms with van der Waals surface area (Å²) in [5.41, 5.74) is 4.44. The van der Waals surface area contributed by atoms with E-state index in [4.69, 9.17) is 0 Å².